The summed E-state index contributed by atoms with van der Waals surface area (Å²) >= 11 is -1.29. The molecule has 28 heavy (non-hydrogen) atoms. The third kappa shape index (κ3) is 5.61. The second kappa shape index (κ2) is 9.32. The van der Waals surface area contributed by atoms with Crippen LogP contribution in [-0.4, -0.2) is 65.2 Å². The Morgan fingerprint density at radius 2 is 1.96 bits per heavy atom. The van der Waals surface area contributed by atoms with Crippen molar-refractivity contribution in [3.05, 3.63) is 30.3 Å². The van der Waals surface area contributed by atoms with E-state index in [0.29, 0.717) is 26.2 Å². The summed E-state index contributed by atoms with van der Waals surface area (Å²) < 4.78 is 59.8. The Balaban J connectivity index is 1.43. The number of alkyl halides is 3. The molecule has 0 radical (unpaired) electrons. The summed E-state index contributed by atoms with van der Waals surface area (Å²) in [5.41, 5.74) is -0.282. The number of hydrogen-bond acceptors (Lipinski definition) is 5. The van der Waals surface area contributed by atoms with Gasteiger partial charge in [0.25, 0.3) is 0 Å². The molecular weight excluding hydrogens is 393 g/mol. The zero-order valence-corrected chi connectivity index (χ0v) is 16.5. The van der Waals surface area contributed by atoms with Crippen molar-refractivity contribution in [2.75, 3.05) is 32.8 Å². The zero-order chi connectivity index (χ0) is 20.2. The van der Waals surface area contributed by atoms with Gasteiger partial charge in [0, 0.05) is 13.1 Å². The Bertz CT molecular complexity index is 612. The maximum absolute atomic E-state index is 12.8. The SMILES string of the molecule is [O-][S+](NC1COC2(CCN(CC[C@H](CO)C(F)(F)F)CC2)C1)c1ccccc1. The van der Waals surface area contributed by atoms with Crippen molar-refractivity contribution >= 4 is 11.4 Å². The lowest BCUT2D eigenvalue weighted by Crippen LogP contribution is -2.46. The lowest BCUT2D eigenvalue weighted by molar-refractivity contribution is -0.186. The van der Waals surface area contributed by atoms with Crippen LogP contribution in [0.5, 0.6) is 0 Å². The molecule has 2 unspecified atom stereocenters. The largest absolute Gasteiger partial charge is 0.593 e. The minimum atomic E-state index is -4.35. The van der Waals surface area contributed by atoms with E-state index in [1.807, 2.05) is 35.2 Å². The molecule has 2 aliphatic rings. The number of piperidine rings is 1. The molecule has 3 rings (SSSR count). The van der Waals surface area contributed by atoms with Crippen LogP contribution in [0.1, 0.15) is 25.7 Å². The van der Waals surface area contributed by atoms with Crippen LogP contribution in [0.15, 0.2) is 35.2 Å². The molecule has 1 aromatic carbocycles. The van der Waals surface area contributed by atoms with E-state index in [1.54, 1.807) is 0 Å². The molecule has 2 N–H and O–H groups in total. The molecule has 1 spiro atoms. The van der Waals surface area contributed by atoms with Crippen molar-refractivity contribution in [1.29, 1.82) is 0 Å². The van der Waals surface area contributed by atoms with Crippen LogP contribution in [0.3, 0.4) is 0 Å². The Morgan fingerprint density at radius 3 is 2.57 bits per heavy atom. The number of ether oxygens (including phenoxy) is 1. The van der Waals surface area contributed by atoms with Gasteiger partial charge in [-0.2, -0.15) is 13.2 Å². The zero-order valence-electron chi connectivity index (χ0n) is 15.7. The Morgan fingerprint density at radius 1 is 1.29 bits per heavy atom. The van der Waals surface area contributed by atoms with E-state index < -0.39 is 30.1 Å². The van der Waals surface area contributed by atoms with Gasteiger partial charge in [-0.3, -0.25) is 0 Å². The van der Waals surface area contributed by atoms with Crippen LogP contribution in [0, 0.1) is 5.92 Å². The van der Waals surface area contributed by atoms with Crippen molar-refractivity contribution in [2.45, 2.75) is 48.4 Å². The predicted molar refractivity (Wildman–Crippen MR) is 100.0 cm³/mol. The van der Waals surface area contributed by atoms with E-state index in [1.165, 1.54) is 0 Å². The first-order valence-electron chi connectivity index (χ1n) is 9.58. The highest BCUT2D eigenvalue weighted by atomic mass is 32.2. The number of likely N-dealkylation sites (tertiary alicyclic amines) is 1. The molecule has 2 heterocycles. The normalized spacial score (nSPS) is 25.1. The average Bonchev–Trinajstić information content (AvgIpc) is 3.05. The first-order chi connectivity index (χ1) is 13.3. The molecular formula is C19H27F3N2O3S. The minimum absolute atomic E-state index is 0.00316. The quantitative estimate of drug-likeness (QED) is 0.664. The molecule has 0 bridgehead atoms. The molecule has 2 aliphatic heterocycles. The predicted octanol–water partition coefficient (Wildman–Crippen LogP) is 2.48. The standard InChI is InChI=1S/C19H27F3N2O3S/c20-19(21,22)15(13-25)6-9-24-10-7-18(8-11-24)12-16(14-27-18)23-28(26)17-4-2-1-3-5-17/h1-5,15-16,23,25H,6-14H2/t15-,16?,28?/m1/s1. The third-order valence-electron chi connectivity index (χ3n) is 5.68. The van der Waals surface area contributed by atoms with Crippen LogP contribution in [0.2, 0.25) is 0 Å². The van der Waals surface area contributed by atoms with Crippen molar-refractivity contribution in [3.8, 4) is 0 Å². The van der Waals surface area contributed by atoms with Crippen LogP contribution >= 0.6 is 0 Å². The van der Waals surface area contributed by atoms with E-state index >= 15 is 0 Å². The summed E-state index contributed by atoms with van der Waals surface area (Å²) in [6, 6.07) is 9.19. The highest BCUT2D eigenvalue weighted by Crippen LogP contribution is 2.37. The monoisotopic (exact) mass is 420 g/mol. The van der Waals surface area contributed by atoms with Crippen molar-refractivity contribution in [3.63, 3.8) is 0 Å². The van der Waals surface area contributed by atoms with E-state index in [0.717, 1.165) is 24.2 Å². The van der Waals surface area contributed by atoms with Crippen LogP contribution in [0.25, 0.3) is 0 Å². The van der Waals surface area contributed by atoms with Gasteiger partial charge in [-0.1, -0.05) is 18.2 Å². The highest BCUT2D eigenvalue weighted by molar-refractivity contribution is 7.89. The molecule has 2 fully saturated rings. The topological polar surface area (TPSA) is 67.8 Å². The maximum atomic E-state index is 12.8. The maximum Gasteiger partial charge on any atom is 0.394 e. The number of hydrogen-bond donors (Lipinski definition) is 2. The highest BCUT2D eigenvalue weighted by Gasteiger charge is 2.44. The van der Waals surface area contributed by atoms with Crippen molar-refractivity contribution in [2.24, 2.45) is 5.92 Å². The fraction of sp³-hybridized carbons (Fsp3) is 0.684. The van der Waals surface area contributed by atoms with Gasteiger partial charge in [-0.05, 0) is 44.4 Å². The number of rotatable bonds is 7. The number of aliphatic hydroxyl groups excluding tert-OH is 1. The Labute approximate surface area is 166 Å². The molecule has 0 aromatic heterocycles. The summed E-state index contributed by atoms with van der Waals surface area (Å²) in [4.78, 5) is 2.73. The Kier molecular flexibility index (Phi) is 7.27. The molecule has 0 saturated carbocycles. The Hall–Kier alpha value is -0.840. The van der Waals surface area contributed by atoms with Gasteiger partial charge in [0.05, 0.1) is 42.1 Å². The van der Waals surface area contributed by atoms with Gasteiger partial charge in [0.1, 0.15) is 0 Å². The summed E-state index contributed by atoms with van der Waals surface area (Å²) in [6.45, 7) is 1.28. The summed E-state index contributed by atoms with van der Waals surface area (Å²) in [5.74, 6) is -1.66. The summed E-state index contributed by atoms with van der Waals surface area (Å²) in [5, 5.41) is 8.95. The van der Waals surface area contributed by atoms with Crippen molar-refractivity contribution in [1.82, 2.24) is 9.62 Å². The number of benzene rings is 1. The van der Waals surface area contributed by atoms with Crippen molar-refractivity contribution < 1.29 is 27.6 Å². The van der Waals surface area contributed by atoms with Gasteiger partial charge in [0.15, 0.2) is 4.90 Å². The second-order valence-corrected chi connectivity index (χ2v) is 8.89. The second-order valence-electron chi connectivity index (χ2n) is 7.65. The molecule has 0 aliphatic carbocycles. The van der Waals surface area contributed by atoms with E-state index in [4.69, 9.17) is 9.84 Å². The van der Waals surface area contributed by atoms with E-state index in [-0.39, 0.29) is 18.1 Å². The lowest BCUT2D eigenvalue weighted by atomic mass is 9.87. The summed E-state index contributed by atoms with van der Waals surface area (Å²) in [6.07, 6.45) is -2.19. The van der Waals surface area contributed by atoms with Gasteiger partial charge >= 0.3 is 6.18 Å². The number of nitrogens with zero attached hydrogens (tertiary/aromatic N) is 1. The third-order valence-corrected chi connectivity index (χ3v) is 6.93. The van der Waals surface area contributed by atoms with Gasteiger partial charge in [-0.15, -0.1) is 4.72 Å². The molecule has 5 nitrogen and oxygen atoms in total. The fourth-order valence-electron chi connectivity index (χ4n) is 3.91. The molecule has 158 valence electrons. The summed E-state index contributed by atoms with van der Waals surface area (Å²) in [7, 11) is 0. The smallest absolute Gasteiger partial charge is 0.394 e. The van der Waals surface area contributed by atoms with Crippen LogP contribution in [-0.2, 0) is 16.1 Å². The minimum Gasteiger partial charge on any atom is -0.593 e. The van der Waals surface area contributed by atoms with Gasteiger partial charge in [-0.25, -0.2) is 0 Å². The van der Waals surface area contributed by atoms with E-state index in [9.17, 15) is 17.7 Å². The van der Waals surface area contributed by atoms with Crippen LogP contribution < -0.4 is 4.72 Å². The first-order valence-corrected chi connectivity index (χ1v) is 10.7. The van der Waals surface area contributed by atoms with E-state index in [2.05, 4.69) is 4.72 Å². The molecule has 9 heteroatoms. The number of halogens is 3. The molecule has 2 saturated heterocycles. The number of nitrogens with one attached hydrogen (secondary N) is 1. The molecule has 3 atom stereocenters. The molecule has 0 amide bonds. The number of aliphatic hydroxyl groups is 1. The van der Waals surface area contributed by atoms with Crippen LogP contribution in [0.4, 0.5) is 13.2 Å². The fourth-order valence-corrected chi connectivity index (χ4v) is 4.91. The van der Waals surface area contributed by atoms with Gasteiger partial charge < -0.3 is 19.3 Å². The lowest BCUT2D eigenvalue weighted by Gasteiger charge is -2.39. The first kappa shape index (κ1) is 21.9. The average molecular weight is 420 g/mol. The van der Waals surface area contributed by atoms with Gasteiger partial charge in [0.2, 0.25) is 0 Å². The molecule has 1 aromatic rings.